The summed E-state index contributed by atoms with van der Waals surface area (Å²) < 4.78 is 12.6. The van der Waals surface area contributed by atoms with E-state index in [1.54, 1.807) is 0 Å². The highest BCUT2D eigenvalue weighted by atomic mass is 79.9. The highest BCUT2D eigenvalue weighted by Crippen LogP contribution is 2.21. The summed E-state index contributed by atoms with van der Waals surface area (Å²) >= 11 is 3.42. The summed E-state index contributed by atoms with van der Waals surface area (Å²) in [5.74, 6) is 2.04. The number of likely N-dealkylation sites (N-methyl/N-ethyl adjacent to an activating group) is 1. The Hall–Kier alpha value is -2.18. The molecule has 0 atom stereocenters. The molecule has 0 aliphatic carbocycles. The molecule has 0 bridgehead atoms. The predicted octanol–water partition coefficient (Wildman–Crippen LogP) is 4.63. The molecule has 6 heteroatoms. The molecule has 26 heavy (non-hydrogen) atoms. The highest BCUT2D eigenvalue weighted by Gasteiger charge is 2.11. The van der Waals surface area contributed by atoms with Crippen molar-refractivity contribution in [1.29, 1.82) is 0 Å². The number of hydrogen-bond acceptors (Lipinski definition) is 5. The molecule has 0 N–H and O–H groups in total. The van der Waals surface area contributed by atoms with Gasteiger partial charge in [-0.3, -0.25) is 4.90 Å². The molecule has 1 aromatic heterocycles. The van der Waals surface area contributed by atoms with Crippen LogP contribution in [0.1, 0.15) is 17.0 Å². The van der Waals surface area contributed by atoms with Gasteiger partial charge in [0.25, 0.3) is 0 Å². The molecule has 0 saturated heterocycles. The quantitative estimate of drug-likeness (QED) is 0.562. The third kappa shape index (κ3) is 5.16. The van der Waals surface area contributed by atoms with Crippen LogP contribution in [0.15, 0.2) is 51.4 Å². The number of nitrogens with zero attached hydrogens (tertiary/aromatic N) is 3. The van der Waals surface area contributed by atoms with Gasteiger partial charge in [0, 0.05) is 16.6 Å². The van der Waals surface area contributed by atoms with Crippen molar-refractivity contribution >= 4 is 15.9 Å². The normalized spacial score (nSPS) is 11.1. The van der Waals surface area contributed by atoms with E-state index >= 15 is 0 Å². The van der Waals surface area contributed by atoms with Crippen LogP contribution in [0.5, 0.6) is 5.75 Å². The van der Waals surface area contributed by atoms with Crippen LogP contribution in [0.25, 0.3) is 11.5 Å². The first kappa shape index (κ1) is 18.6. The van der Waals surface area contributed by atoms with Gasteiger partial charge in [0.05, 0.1) is 6.54 Å². The van der Waals surface area contributed by atoms with Gasteiger partial charge in [-0.2, -0.15) is 0 Å². The van der Waals surface area contributed by atoms with Gasteiger partial charge in [0.2, 0.25) is 11.8 Å². The van der Waals surface area contributed by atoms with Crippen molar-refractivity contribution in [2.75, 3.05) is 20.2 Å². The summed E-state index contributed by atoms with van der Waals surface area (Å²) in [5.41, 5.74) is 3.33. The van der Waals surface area contributed by atoms with E-state index in [2.05, 4.69) is 63.1 Å². The largest absolute Gasteiger partial charge is 0.492 e. The van der Waals surface area contributed by atoms with E-state index in [1.165, 1.54) is 11.1 Å². The number of aromatic nitrogens is 2. The predicted molar refractivity (Wildman–Crippen MR) is 105 cm³/mol. The number of halogens is 1. The zero-order valence-electron chi connectivity index (χ0n) is 15.2. The lowest BCUT2D eigenvalue weighted by Gasteiger charge is -2.15. The summed E-state index contributed by atoms with van der Waals surface area (Å²) in [5, 5.41) is 8.26. The van der Waals surface area contributed by atoms with E-state index in [9.17, 15) is 0 Å². The van der Waals surface area contributed by atoms with Crippen molar-refractivity contribution in [1.82, 2.24) is 15.1 Å². The van der Waals surface area contributed by atoms with Crippen molar-refractivity contribution < 1.29 is 9.15 Å². The maximum Gasteiger partial charge on any atom is 0.247 e. The first-order chi connectivity index (χ1) is 12.5. The molecule has 2 aromatic carbocycles. The summed E-state index contributed by atoms with van der Waals surface area (Å²) in [7, 11) is 2.01. The van der Waals surface area contributed by atoms with Crippen molar-refractivity contribution in [3.63, 3.8) is 0 Å². The molecule has 136 valence electrons. The molecule has 1 heterocycles. The van der Waals surface area contributed by atoms with Crippen LogP contribution in [-0.2, 0) is 6.54 Å². The van der Waals surface area contributed by atoms with Gasteiger partial charge in [-0.25, -0.2) is 0 Å². The molecular formula is C20H22BrN3O2. The third-order valence-corrected chi connectivity index (χ3v) is 4.43. The van der Waals surface area contributed by atoms with Gasteiger partial charge in [-0.05, 0) is 68.4 Å². The molecule has 3 aromatic rings. The molecule has 0 spiro atoms. The van der Waals surface area contributed by atoms with Gasteiger partial charge in [-0.1, -0.05) is 22.0 Å². The lowest BCUT2D eigenvalue weighted by Crippen LogP contribution is -2.24. The fourth-order valence-electron chi connectivity index (χ4n) is 2.67. The van der Waals surface area contributed by atoms with Crippen LogP contribution in [0.3, 0.4) is 0 Å². The van der Waals surface area contributed by atoms with Crippen LogP contribution in [0.2, 0.25) is 0 Å². The Morgan fingerprint density at radius 2 is 1.73 bits per heavy atom. The van der Waals surface area contributed by atoms with Crippen LogP contribution < -0.4 is 4.74 Å². The monoisotopic (exact) mass is 415 g/mol. The number of rotatable bonds is 7. The van der Waals surface area contributed by atoms with E-state index in [1.807, 2.05) is 31.3 Å². The van der Waals surface area contributed by atoms with Gasteiger partial charge in [0.15, 0.2) is 0 Å². The average Bonchev–Trinajstić information content (AvgIpc) is 3.03. The van der Waals surface area contributed by atoms with E-state index < -0.39 is 0 Å². The minimum atomic E-state index is 0.535. The van der Waals surface area contributed by atoms with Crippen LogP contribution in [0.4, 0.5) is 0 Å². The fourth-order valence-corrected chi connectivity index (χ4v) is 2.94. The standard InChI is InChI=1S/C20H22BrN3O2/c1-14-10-15(2)12-18(11-14)25-9-8-24(3)13-19-22-23-20(26-19)16-4-6-17(21)7-5-16/h4-7,10-12H,8-9,13H2,1-3H3. The van der Waals surface area contributed by atoms with Crippen molar-refractivity contribution in [2.45, 2.75) is 20.4 Å². The Balaban J connectivity index is 1.50. The van der Waals surface area contributed by atoms with Crippen LogP contribution in [0, 0.1) is 13.8 Å². The van der Waals surface area contributed by atoms with Crippen molar-refractivity contribution in [2.24, 2.45) is 0 Å². The molecule has 0 saturated carbocycles. The second-order valence-electron chi connectivity index (χ2n) is 6.42. The third-order valence-electron chi connectivity index (χ3n) is 3.90. The summed E-state index contributed by atoms with van der Waals surface area (Å²) in [6, 6.07) is 14.0. The van der Waals surface area contributed by atoms with Crippen molar-refractivity contribution in [3.8, 4) is 17.2 Å². The first-order valence-electron chi connectivity index (χ1n) is 8.47. The maximum atomic E-state index is 5.85. The number of benzene rings is 2. The van der Waals surface area contributed by atoms with E-state index in [0.29, 0.717) is 24.9 Å². The number of hydrogen-bond donors (Lipinski definition) is 0. The molecular weight excluding hydrogens is 394 g/mol. The second kappa shape index (κ2) is 8.47. The van der Waals surface area contributed by atoms with Gasteiger partial charge < -0.3 is 9.15 Å². The topological polar surface area (TPSA) is 51.4 Å². The average molecular weight is 416 g/mol. The Bertz CT molecular complexity index is 841. The molecule has 3 rings (SSSR count). The maximum absolute atomic E-state index is 5.85. The molecule has 5 nitrogen and oxygen atoms in total. The number of aryl methyl sites for hydroxylation is 2. The molecule has 0 radical (unpaired) electrons. The first-order valence-corrected chi connectivity index (χ1v) is 9.27. The van der Waals surface area contributed by atoms with E-state index in [0.717, 1.165) is 22.3 Å². The van der Waals surface area contributed by atoms with E-state index in [-0.39, 0.29) is 0 Å². The molecule has 0 unspecified atom stereocenters. The van der Waals surface area contributed by atoms with Gasteiger partial charge >= 0.3 is 0 Å². The second-order valence-corrected chi connectivity index (χ2v) is 7.33. The fraction of sp³-hybridized carbons (Fsp3) is 0.300. The van der Waals surface area contributed by atoms with Crippen molar-refractivity contribution in [3.05, 3.63) is 64.0 Å². The minimum Gasteiger partial charge on any atom is -0.492 e. The van der Waals surface area contributed by atoms with E-state index in [4.69, 9.17) is 9.15 Å². The van der Waals surface area contributed by atoms with Crippen LogP contribution >= 0.6 is 15.9 Å². The molecule has 0 fully saturated rings. The zero-order valence-corrected chi connectivity index (χ0v) is 16.8. The summed E-state index contributed by atoms with van der Waals surface area (Å²) in [4.78, 5) is 2.10. The highest BCUT2D eigenvalue weighted by molar-refractivity contribution is 9.10. The molecule has 0 aliphatic rings. The van der Waals surface area contributed by atoms with Crippen LogP contribution in [-0.4, -0.2) is 35.3 Å². The number of ether oxygens (including phenoxy) is 1. The Morgan fingerprint density at radius 1 is 1.04 bits per heavy atom. The lowest BCUT2D eigenvalue weighted by atomic mass is 10.1. The molecule has 0 aliphatic heterocycles. The Kier molecular flexibility index (Phi) is 6.06. The zero-order chi connectivity index (χ0) is 18.5. The van der Waals surface area contributed by atoms with Gasteiger partial charge in [0.1, 0.15) is 12.4 Å². The molecule has 0 amide bonds. The summed E-state index contributed by atoms with van der Waals surface area (Å²) in [6.45, 7) is 6.10. The lowest BCUT2D eigenvalue weighted by molar-refractivity contribution is 0.220. The SMILES string of the molecule is Cc1cc(C)cc(OCCN(C)Cc2nnc(-c3ccc(Br)cc3)o2)c1. The van der Waals surface area contributed by atoms with Gasteiger partial charge in [-0.15, -0.1) is 10.2 Å². The minimum absolute atomic E-state index is 0.535. The summed E-state index contributed by atoms with van der Waals surface area (Å²) in [6.07, 6.45) is 0. The smallest absolute Gasteiger partial charge is 0.247 e. The Labute approximate surface area is 162 Å². The Morgan fingerprint density at radius 3 is 2.42 bits per heavy atom.